The number of fused-ring (bicyclic) bond motifs is 5. The molecule has 9 atom stereocenters. The lowest BCUT2D eigenvalue weighted by Crippen LogP contribution is -2.51. The molecule has 18 nitrogen and oxygen atoms in total. The summed E-state index contributed by atoms with van der Waals surface area (Å²) in [5.41, 5.74) is 1.46. The maximum atomic E-state index is 13.4. The fraction of sp³-hybridized carbons (Fsp3) is 0.933. The van der Waals surface area contributed by atoms with Crippen LogP contribution >= 0.6 is 0 Å². The normalized spacial score (nSPS) is 24.8. The van der Waals surface area contributed by atoms with Gasteiger partial charge in [-0.15, -0.1) is 0 Å². The van der Waals surface area contributed by atoms with E-state index in [1.165, 1.54) is 56.9 Å². The molecule has 0 saturated heterocycles. The molecule has 0 bridgehead atoms. The molecule has 4 unspecified atom stereocenters. The SMILES string of the molecule is COCCOCCOCCOCCOCCOCCOCCOCCOCCOCCOCCOCCOC(=O)[C@H](COC1CC[C@@]2(C)C(=CCC3C2CC[C@@]2(C)C3CC[C@@H]2[C@H](C)CCCC(C)C)C1)NC(=O)OC(C)(C)C. The second-order valence-electron chi connectivity index (χ2n) is 23.6. The Labute approximate surface area is 470 Å². The van der Waals surface area contributed by atoms with Crippen LogP contribution in [0.2, 0.25) is 0 Å². The van der Waals surface area contributed by atoms with Gasteiger partial charge < -0.3 is 76.4 Å². The summed E-state index contributed by atoms with van der Waals surface area (Å²) in [6, 6.07) is -1.02. The summed E-state index contributed by atoms with van der Waals surface area (Å²) in [5.74, 6) is 4.16. The van der Waals surface area contributed by atoms with Gasteiger partial charge in [0.15, 0.2) is 6.04 Å². The summed E-state index contributed by atoms with van der Waals surface area (Å²) in [6.45, 7) is 28.6. The Balaban J connectivity index is 0.961. The summed E-state index contributed by atoms with van der Waals surface area (Å²) < 4.78 is 83.2. The summed E-state index contributed by atoms with van der Waals surface area (Å²) in [4.78, 5) is 26.3. The molecule has 3 fully saturated rings. The van der Waals surface area contributed by atoms with Crippen molar-refractivity contribution in [1.82, 2.24) is 5.32 Å². The van der Waals surface area contributed by atoms with Crippen LogP contribution in [0.4, 0.5) is 4.79 Å². The highest BCUT2D eigenvalue weighted by Crippen LogP contribution is 2.67. The number of nitrogens with one attached hydrogen (secondary N) is 1. The number of esters is 1. The largest absolute Gasteiger partial charge is 0.462 e. The van der Waals surface area contributed by atoms with Crippen LogP contribution < -0.4 is 5.32 Å². The van der Waals surface area contributed by atoms with Crippen molar-refractivity contribution in [3.05, 3.63) is 11.6 Å². The van der Waals surface area contributed by atoms with Gasteiger partial charge in [-0.3, -0.25) is 0 Å². The third-order valence-corrected chi connectivity index (χ3v) is 16.4. The molecule has 4 rings (SSSR count). The minimum Gasteiger partial charge on any atom is -0.462 e. The minimum absolute atomic E-state index is 0.00440. The van der Waals surface area contributed by atoms with Crippen LogP contribution in [0.3, 0.4) is 0 Å². The van der Waals surface area contributed by atoms with Crippen LogP contribution in [0, 0.1) is 46.3 Å². The van der Waals surface area contributed by atoms with Gasteiger partial charge in [0.1, 0.15) is 12.2 Å². The van der Waals surface area contributed by atoms with E-state index in [-0.39, 0.29) is 31.3 Å². The maximum Gasteiger partial charge on any atom is 0.408 e. The van der Waals surface area contributed by atoms with Crippen molar-refractivity contribution in [1.29, 1.82) is 0 Å². The topological polar surface area (TPSA) is 185 Å². The lowest BCUT2D eigenvalue weighted by atomic mass is 9.47. The summed E-state index contributed by atoms with van der Waals surface area (Å²) in [5, 5.41) is 2.72. The highest BCUT2D eigenvalue weighted by Gasteiger charge is 2.59. The molecule has 0 aromatic rings. The zero-order valence-corrected chi connectivity index (χ0v) is 50.1. The van der Waals surface area contributed by atoms with Gasteiger partial charge in [-0.2, -0.15) is 0 Å². The van der Waals surface area contributed by atoms with Crippen LogP contribution in [0.5, 0.6) is 0 Å². The highest BCUT2D eigenvalue weighted by atomic mass is 16.6. The molecule has 0 aliphatic heterocycles. The van der Waals surface area contributed by atoms with Crippen molar-refractivity contribution >= 4 is 12.1 Å². The molecule has 0 aromatic heterocycles. The average molecular weight is 1120 g/mol. The number of hydrogen-bond acceptors (Lipinski definition) is 17. The molecule has 78 heavy (non-hydrogen) atoms. The number of ether oxygens (including phenoxy) is 15. The molecule has 0 radical (unpaired) electrons. The van der Waals surface area contributed by atoms with Crippen molar-refractivity contribution < 1.29 is 80.6 Å². The van der Waals surface area contributed by atoms with E-state index in [1.54, 1.807) is 27.9 Å². The van der Waals surface area contributed by atoms with Gasteiger partial charge in [-0.25, -0.2) is 9.59 Å². The first-order valence-corrected chi connectivity index (χ1v) is 30.0. The van der Waals surface area contributed by atoms with Crippen LogP contribution in [-0.4, -0.2) is 202 Å². The molecular weight excluding hydrogens is 1010 g/mol. The third kappa shape index (κ3) is 26.5. The van der Waals surface area contributed by atoms with Crippen LogP contribution in [0.1, 0.15) is 126 Å². The van der Waals surface area contributed by atoms with Gasteiger partial charge in [0, 0.05) is 7.11 Å². The first-order valence-electron chi connectivity index (χ1n) is 30.0. The maximum absolute atomic E-state index is 13.4. The van der Waals surface area contributed by atoms with Crippen molar-refractivity contribution in [2.75, 3.05) is 172 Å². The number of hydrogen-bond donors (Lipinski definition) is 1. The quantitative estimate of drug-likeness (QED) is 0.0347. The van der Waals surface area contributed by atoms with Crippen LogP contribution in [0.15, 0.2) is 11.6 Å². The second-order valence-corrected chi connectivity index (χ2v) is 23.6. The van der Waals surface area contributed by atoms with Crippen molar-refractivity contribution in [3.63, 3.8) is 0 Å². The van der Waals surface area contributed by atoms with E-state index in [4.69, 9.17) is 71.1 Å². The van der Waals surface area contributed by atoms with Crippen molar-refractivity contribution in [2.45, 2.75) is 144 Å². The number of methoxy groups -OCH3 is 1. The van der Waals surface area contributed by atoms with E-state index >= 15 is 0 Å². The number of carbonyl (C=O) groups is 2. The Kier molecular flexibility index (Phi) is 34.6. The fourth-order valence-electron chi connectivity index (χ4n) is 12.4. The first-order chi connectivity index (χ1) is 37.7. The number of allylic oxidation sites excluding steroid dienone is 1. The molecule has 4 aliphatic carbocycles. The standard InChI is InChI=1S/C60H109NO17/c1-47(2)11-10-12-48(3)52-15-16-53-51-14-13-49-45-50(17-19-59(49,7)54(51)18-20-60(52,53)8)77-46-55(61-57(63)78-58(4,5)6)56(62)76-44-43-75-42-41-74-40-39-73-38-37-72-36-35-71-34-33-70-32-31-69-30-29-68-28-27-67-26-25-66-24-23-65-22-21-64-9/h13,47-48,50-55H,10-12,14-46H2,1-9H3,(H,61,63)/t48-,50?,51?,52-,53?,54?,55+,59+,60-/m1/s1. The predicted molar refractivity (Wildman–Crippen MR) is 298 cm³/mol. The molecule has 0 spiro atoms. The number of rotatable bonds is 46. The molecule has 1 amide bonds. The van der Waals surface area contributed by atoms with Crippen LogP contribution in [-0.2, 0) is 75.8 Å². The van der Waals surface area contributed by atoms with E-state index in [2.05, 4.69) is 46.0 Å². The third-order valence-electron chi connectivity index (χ3n) is 16.4. The second kappa shape index (κ2) is 39.4. The molecule has 1 N–H and O–H groups in total. The molecule has 0 aromatic carbocycles. The van der Waals surface area contributed by atoms with E-state index in [9.17, 15) is 9.59 Å². The van der Waals surface area contributed by atoms with Gasteiger partial charge in [-0.05, 0) is 118 Å². The van der Waals surface area contributed by atoms with E-state index in [0.29, 0.717) is 157 Å². The molecule has 4 aliphatic rings. The van der Waals surface area contributed by atoms with Gasteiger partial charge in [0.2, 0.25) is 0 Å². The Morgan fingerprint density at radius 2 is 1.05 bits per heavy atom. The summed E-state index contributed by atoms with van der Waals surface area (Å²) >= 11 is 0. The Morgan fingerprint density at radius 1 is 0.590 bits per heavy atom. The smallest absolute Gasteiger partial charge is 0.408 e. The minimum atomic E-state index is -1.02. The summed E-state index contributed by atoms with van der Waals surface area (Å²) in [7, 11) is 1.64. The average Bonchev–Trinajstić information content (AvgIpc) is 3.90. The molecule has 456 valence electrons. The highest BCUT2D eigenvalue weighted by molar-refractivity contribution is 5.81. The lowest BCUT2D eigenvalue weighted by Gasteiger charge is -2.58. The Hall–Kier alpha value is -2.04. The first kappa shape index (κ1) is 68.5. The van der Waals surface area contributed by atoms with Crippen LogP contribution in [0.25, 0.3) is 0 Å². The predicted octanol–water partition coefficient (Wildman–Crippen LogP) is 8.68. The van der Waals surface area contributed by atoms with E-state index in [0.717, 1.165) is 48.9 Å². The zero-order chi connectivity index (χ0) is 56.3. The van der Waals surface area contributed by atoms with Gasteiger partial charge in [0.05, 0.1) is 165 Å². The van der Waals surface area contributed by atoms with E-state index in [1.807, 2.05) is 0 Å². The van der Waals surface area contributed by atoms with E-state index < -0.39 is 23.7 Å². The van der Waals surface area contributed by atoms with Gasteiger partial charge in [0.25, 0.3) is 0 Å². The van der Waals surface area contributed by atoms with Crippen molar-refractivity contribution in [3.8, 4) is 0 Å². The Bertz CT molecular complexity index is 1600. The molecular formula is C60H109NO17. The monoisotopic (exact) mass is 1120 g/mol. The zero-order valence-electron chi connectivity index (χ0n) is 50.1. The fourth-order valence-corrected chi connectivity index (χ4v) is 12.4. The Morgan fingerprint density at radius 3 is 1.50 bits per heavy atom. The number of alkyl carbamates (subject to hydrolysis) is 1. The lowest BCUT2D eigenvalue weighted by molar-refractivity contribution is -0.150. The van der Waals surface area contributed by atoms with Gasteiger partial charge >= 0.3 is 12.1 Å². The molecule has 0 heterocycles. The van der Waals surface area contributed by atoms with Crippen molar-refractivity contribution in [2.24, 2.45) is 46.3 Å². The summed E-state index contributed by atoms with van der Waals surface area (Å²) in [6.07, 6.45) is 15.4. The molecule has 3 saturated carbocycles. The molecule has 18 heteroatoms. The van der Waals surface area contributed by atoms with Gasteiger partial charge in [-0.1, -0.05) is 65.5 Å². The number of carbonyl (C=O) groups excluding carboxylic acids is 2. The number of amides is 1.